The van der Waals surface area contributed by atoms with Crippen LogP contribution in [0.3, 0.4) is 0 Å². The van der Waals surface area contributed by atoms with Gasteiger partial charge in [0.1, 0.15) is 6.61 Å². The number of aromatic nitrogens is 2. The molecular formula is C21H19N3O3. The molecule has 1 aliphatic heterocycles. The van der Waals surface area contributed by atoms with Gasteiger partial charge in [-0.25, -0.2) is 0 Å². The molecule has 0 saturated carbocycles. The van der Waals surface area contributed by atoms with Crippen molar-refractivity contribution in [3.8, 4) is 22.6 Å². The van der Waals surface area contributed by atoms with Gasteiger partial charge in [-0.2, -0.15) is 0 Å². The Bertz CT molecular complexity index is 989. The molecule has 6 heteroatoms. The number of aryl methyl sites for hydroxylation is 1. The number of amides is 1. The van der Waals surface area contributed by atoms with Crippen LogP contribution < -0.4 is 4.74 Å². The Hall–Kier alpha value is -3.41. The SMILES string of the molecule is Cc1ncccc1C(=O)N1CCOc2c(O)cc(-c3cccnc3)cc2C1. The van der Waals surface area contributed by atoms with E-state index in [9.17, 15) is 9.90 Å². The first-order chi connectivity index (χ1) is 13.1. The summed E-state index contributed by atoms with van der Waals surface area (Å²) in [5.74, 6) is 0.405. The summed E-state index contributed by atoms with van der Waals surface area (Å²) in [6, 6.07) is 10.9. The van der Waals surface area contributed by atoms with Gasteiger partial charge >= 0.3 is 0 Å². The highest BCUT2D eigenvalue weighted by Gasteiger charge is 2.24. The molecule has 1 amide bonds. The number of hydrogen-bond donors (Lipinski definition) is 1. The van der Waals surface area contributed by atoms with Crippen LogP contribution in [0.1, 0.15) is 21.6 Å². The first kappa shape index (κ1) is 17.0. The Morgan fingerprint density at radius 1 is 1.19 bits per heavy atom. The van der Waals surface area contributed by atoms with E-state index in [1.807, 2.05) is 25.1 Å². The van der Waals surface area contributed by atoms with Crippen LogP contribution in [0.15, 0.2) is 55.0 Å². The number of aromatic hydroxyl groups is 1. The maximum atomic E-state index is 13.0. The molecule has 4 rings (SSSR count). The molecule has 0 saturated heterocycles. The number of pyridine rings is 2. The fourth-order valence-corrected chi connectivity index (χ4v) is 3.25. The largest absolute Gasteiger partial charge is 0.504 e. The Morgan fingerprint density at radius 2 is 2.04 bits per heavy atom. The third-order valence-corrected chi connectivity index (χ3v) is 4.63. The van der Waals surface area contributed by atoms with Gasteiger partial charge in [0.25, 0.3) is 5.91 Å². The van der Waals surface area contributed by atoms with Crippen LogP contribution in [0.25, 0.3) is 11.1 Å². The highest BCUT2D eigenvalue weighted by Crippen LogP contribution is 2.37. The standard InChI is InChI=1S/C21H19N3O3/c1-14-18(5-3-7-23-14)21(26)24-8-9-27-20-17(13-24)10-16(11-19(20)25)15-4-2-6-22-12-15/h2-7,10-12,25H,8-9,13H2,1H3. The fraction of sp³-hybridized carbons (Fsp3) is 0.190. The minimum atomic E-state index is -0.0941. The number of carbonyl (C=O) groups excluding carboxylic acids is 1. The Morgan fingerprint density at radius 3 is 2.81 bits per heavy atom. The molecule has 1 N–H and O–H groups in total. The number of nitrogens with zero attached hydrogens (tertiary/aromatic N) is 3. The van der Waals surface area contributed by atoms with E-state index in [1.54, 1.807) is 41.7 Å². The third-order valence-electron chi connectivity index (χ3n) is 4.63. The van der Waals surface area contributed by atoms with Gasteiger partial charge in [0.05, 0.1) is 12.1 Å². The molecule has 27 heavy (non-hydrogen) atoms. The zero-order valence-corrected chi connectivity index (χ0v) is 14.9. The number of carbonyl (C=O) groups is 1. The molecule has 3 heterocycles. The lowest BCUT2D eigenvalue weighted by Crippen LogP contribution is -2.33. The van der Waals surface area contributed by atoms with Gasteiger partial charge in [-0.1, -0.05) is 6.07 Å². The zero-order valence-electron chi connectivity index (χ0n) is 14.9. The first-order valence-electron chi connectivity index (χ1n) is 8.73. The van der Waals surface area contributed by atoms with Crippen LogP contribution in [-0.4, -0.2) is 39.0 Å². The van der Waals surface area contributed by atoms with Crippen molar-refractivity contribution in [1.29, 1.82) is 0 Å². The average Bonchev–Trinajstić information content (AvgIpc) is 2.91. The number of benzene rings is 1. The highest BCUT2D eigenvalue weighted by atomic mass is 16.5. The molecule has 0 unspecified atom stereocenters. The van der Waals surface area contributed by atoms with E-state index >= 15 is 0 Å². The summed E-state index contributed by atoms with van der Waals surface area (Å²) in [4.78, 5) is 23.0. The van der Waals surface area contributed by atoms with Crippen LogP contribution in [0, 0.1) is 6.92 Å². The Balaban J connectivity index is 1.70. The smallest absolute Gasteiger partial charge is 0.256 e. The molecule has 136 valence electrons. The van der Waals surface area contributed by atoms with E-state index in [0.29, 0.717) is 36.7 Å². The maximum Gasteiger partial charge on any atom is 0.256 e. The molecule has 0 spiro atoms. The van der Waals surface area contributed by atoms with Crippen molar-refractivity contribution >= 4 is 5.91 Å². The second-order valence-electron chi connectivity index (χ2n) is 6.44. The maximum absolute atomic E-state index is 13.0. The van der Waals surface area contributed by atoms with E-state index in [1.165, 1.54) is 0 Å². The topological polar surface area (TPSA) is 75.6 Å². The summed E-state index contributed by atoms with van der Waals surface area (Å²) in [5, 5.41) is 10.5. The predicted molar refractivity (Wildman–Crippen MR) is 101 cm³/mol. The fourth-order valence-electron chi connectivity index (χ4n) is 3.25. The summed E-state index contributed by atoms with van der Waals surface area (Å²) in [6.45, 7) is 2.92. The van der Waals surface area contributed by atoms with Gasteiger partial charge in [0.15, 0.2) is 11.5 Å². The minimum absolute atomic E-state index is 0.0678. The molecule has 1 aliphatic rings. The van der Waals surface area contributed by atoms with Gasteiger partial charge in [0, 0.05) is 42.0 Å². The molecule has 6 nitrogen and oxygen atoms in total. The summed E-state index contributed by atoms with van der Waals surface area (Å²) in [7, 11) is 0. The van der Waals surface area contributed by atoms with Crippen molar-refractivity contribution in [2.24, 2.45) is 0 Å². The molecule has 0 radical (unpaired) electrons. The molecule has 0 bridgehead atoms. The van der Waals surface area contributed by atoms with Gasteiger partial charge in [-0.3, -0.25) is 14.8 Å². The van der Waals surface area contributed by atoms with E-state index in [4.69, 9.17) is 4.74 Å². The number of phenolic OH excluding ortho intramolecular Hbond substituents is 1. The molecule has 0 aliphatic carbocycles. The van der Waals surface area contributed by atoms with Crippen LogP contribution in [0.5, 0.6) is 11.5 Å². The molecular weight excluding hydrogens is 342 g/mol. The lowest BCUT2D eigenvalue weighted by molar-refractivity contribution is 0.0732. The van der Waals surface area contributed by atoms with E-state index in [0.717, 1.165) is 16.7 Å². The second-order valence-corrected chi connectivity index (χ2v) is 6.44. The van der Waals surface area contributed by atoms with Gasteiger partial charge in [-0.15, -0.1) is 0 Å². The number of ether oxygens (including phenoxy) is 1. The zero-order chi connectivity index (χ0) is 18.8. The van der Waals surface area contributed by atoms with Crippen molar-refractivity contribution < 1.29 is 14.6 Å². The monoisotopic (exact) mass is 361 g/mol. The van der Waals surface area contributed by atoms with Crippen molar-refractivity contribution in [3.05, 3.63) is 71.8 Å². The quantitative estimate of drug-likeness (QED) is 0.759. The molecule has 0 fully saturated rings. The molecule has 3 aromatic rings. The third kappa shape index (κ3) is 3.33. The van der Waals surface area contributed by atoms with Crippen LogP contribution in [0.2, 0.25) is 0 Å². The van der Waals surface area contributed by atoms with E-state index in [2.05, 4.69) is 9.97 Å². The van der Waals surface area contributed by atoms with Crippen molar-refractivity contribution in [2.75, 3.05) is 13.2 Å². The van der Waals surface area contributed by atoms with E-state index in [-0.39, 0.29) is 11.7 Å². The number of phenols is 1. The van der Waals surface area contributed by atoms with Gasteiger partial charge in [-0.05, 0) is 42.8 Å². The lowest BCUT2D eigenvalue weighted by atomic mass is 10.0. The Labute approximate surface area is 157 Å². The first-order valence-corrected chi connectivity index (χ1v) is 8.73. The molecule has 1 aromatic carbocycles. The van der Waals surface area contributed by atoms with E-state index < -0.39 is 0 Å². The number of hydrogen-bond acceptors (Lipinski definition) is 5. The van der Waals surface area contributed by atoms with Crippen LogP contribution in [-0.2, 0) is 6.54 Å². The van der Waals surface area contributed by atoms with Crippen molar-refractivity contribution in [3.63, 3.8) is 0 Å². The highest BCUT2D eigenvalue weighted by molar-refractivity contribution is 5.95. The number of rotatable bonds is 2. The Kier molecular flexibility index (Phi) is 4.46. The summed E-state index contributed by atoms with van der Waals surface area (Å²) in [5.41, 5.74) is 3.75. The summed E-state index contributed by atoms with van der Waals surface area (Å²) in [6.07, 6.45) is 5.11. The second kappa shape index (κ2) is 7.07. The van der Waals surface area contributed by atoms with Crippen LogP contribution in [0.4, 0.5) is 0 Å². The van der Waals surface area contributed by atoms with Crippen molar-refractivity contribution in [1.82, 2.24) is 14.9 Å². The molecule has 0 atom stereocenters. The summed E-state index contributed by atoms with van der Waals surface area (Å²) < 4.78 is 5.74. The lowest BCUT2D eigenvalue weighted by Gasteiger charge is -2.20. The predicted octanol–water partition coefficient (Wildman–Crippen LogP) is 3.19. The van der Waals surface area contributed by atoms with Gasteiger partial charge < -0.3 is 14.7 Å². The molecule has 2 aromatic heterocycles. The van der Waals surface area contributed by atoms with Crippen LogP contribution >= 0.6 is 0 Å². The minimum Gasteiger partial charge on any atom is -0.504 e. The number of fused-ring (bicyclic) bond motifs is 1. The van der Waals surface area contributed by atoms with Gasteiger partial charge in [0.2, 0.25) is 0 Å². The van der Waals surface area contributed by atoms with Crippen molar-refractivity contribution in [2.45, 2.75) is 13.5 Å². The summed E-state index contributed by atoms with van der Waals surface area (Å²) >= 11 is 0. The average molecular weight is 361 g/mol. The normalized spacial score (nSPS) is 13.4.